The molecule has 2 unspecified atom stereocenters. The SMILES string of the molecule is CC(O)CC1CCCN1C(=O)c1cccc(OC(C)C)c1. The molecule has 0 aromatic heterocycles. The average molecular weight is 291 g/mol. The lowest BCUT2D eigenvalue weighted by molar-refractivity contribution is 0.0681. The smallest absolute Gasteiger partial charge is 0.254 e. The van der Waals surface area contributed by atoms with Crippen LogP contribution in [0, 0.1) is 0 Å². The number of carbonyl (C=O) groups excluding carboxylic acids is 1. The van der Waals surface area contributed by atoms with E-state index in [0.717, 1.165) is 25.1 Å². The fourth-order valence-electron chi connectivity index (χ4n) is 2.88. The first-order valence-corrected chi connectivity index (χ1v) is 7.73. The quantitative estimate of drug-likeness (QED) is 0.907. The lowest BCUT2D eigenvalue weighted by Gasteiger charge is -2.26. The predicted molar refractivity (Wildman–Crippen MR) is 82.6 cm³/mol. The van der Waals surface area contributed by atoms with E-state index in [1.54, 1.807) is 13.0 Å². The molecule has 21 heavy (non-hydrogen) atoms. The summed E-state index contributed by atoms with van der Waals surface area (Å²) in [5.41, 5.74) is 0.658. The van der Waals surface area contributed by atoms with E-state index in [0.29, 0.717) is 12.0 Å². The average Bonchev–Trinajstić information content (AvgIpc) is 2.84. The minimum atomic E-state index is -0.376. The molecule has 0 spiro atoms. The van der Waals surface area contributed by atoms with E-state index < -0.39 is 0 Å². The van der Waals surface area contributed by atoms with E-state index in [9.17, 15) is 9.90 Å². The second-order valence-electron chi connectivity index (χ2n) is 6.07. The van der Waals surface area contributed by atoms with Gasteiger partial charge in [-0.15, -0.1) is 0 Å². The fraction of sp³-hybridized carbons (Fsp3) is 0.588. The number of aliphatic hydroxyl groups is 1. The van der Waals surface area contributed by atoms with Gasteiger partial charge in [0.15, 0.2) is 0 Å². The molecule has 2 atom stereocenters. The minimum Gasteiger partial charge on any atom is -0.491 e. The number of hydrogen-bond donors (Lipinski definition) is 1. The Morgan fingerprint density at radius 1 is 1.43 bits per heavy atom. The number of likely N-dealkylation sites (tertiary alicyclic amines) is 1. The Kier molecular flexibility index (Phi) is 5.23. The normalized spacial score (nSPS) is 19.9. The maximum atomic E-state index is 12.7. The molecule has 0 aliphatic carbocycles. The first-order chi connectivity index (χ1) is 9.97. The number of aliphatic hydroxyl groups excluding tert-OH is 1. The highest BCUT2D eigenvalue weighted by atomic mass is 16.5. The van der Waals surface area contributed by atoms with Crippen molar-refractivity contribution in [2.45, 2.75) is 58.3 Å². The number of hydrogen-bond acceptors (Lipinski definition) is 3. The molecule has 1 saturated heterocycles. The summed E-state index contributed by atoms with van der Waals surface area (Å²) in [6.07, 6.45) is 2.34. The number of rotatable bonds is 5. The van der Waals surface area contributed by atoms with E-state index in [-0.39, 0.29) is 24.2 Å². The van der Waals surface area contributed by atoms with Crippen molar-refractivity contribution in [3.63, 3.8) is 0 Å². The molecule has 2 rings (SSSR count). The van der Waals surface area contributed by atoms with Crippen LogP contribution in [0.4, 0.5) is 0 Å². The molecule has 0 radical (unpaired) electrons. The van der Waals surface area contributed by atoms with Crippen molar-refractivity contribution in [3.05, 3.63) is 29.8 Å². The summed E-state index contributed by atoms with van der Waals surface area (Å²) in [6.45, 7) is 6.48. The van der Waals surface area contributed by atoms with Crippen molar-refractivity contribution < 1.29 is 14.6 Å². The molecule has 1 aliphatic heterocycles. The van der Waals surface area contributed by atoms with Crippen LogP contribution in [0.25, 0.3) is 0 Å². The van der Waals surface area contributed by atoms with Gasteiger partial charge in [-0.2, -0.15) is 0 Å². The molecule has 4 nitrogen and oxygen atoms in total. The molecule has 1 amide bonds. The van der Waals surface area contributed by atoms with E-state index in [2.05, 4.69) is 0 Å². The Hall–Kier alpha value is -1.55. The standard InChI is InChI=1S/C17H25NO3/c1-12(2)21-16-8-4-6-14(11-16)17(20)18-9-5-7-15(18)10-13(3)19/h4,6,8,11-13,15,19H,5,7,9-10H2,1-3H3. The van der Waals surface area contributed by atoms with Crippen LogP contribution in [-0.4, -0.2) is 40.7 Å². The van der Waals surface area contributed by atoms with Crippen LogP contribution in [-0.2, 0) is 0 Å². The van der Waals surface area contributed by atoms with Gasteiger partial charge < -0.3 is 14.7 Å². The van der Waals surface area contributed by atoms with Gasteiger partial charge in [0, 0.05) is 18.2 Å². The van der Waals surface area contributed by atoms with Crippen LogP contribution in [0.1, 0.15) is 50.4 Å². The molecule has 1 aliphatic rings. The van der Waals surface area contributed by atoms with Crippen molar-refractivity contribution in [1.82, 2.24) is 4.90 Å². The molecule has 1 heterocycles. The van der Waals surface area contributed by atoms with Crippen molar-refractivity contribution in [1.29, 1.82) is 0 Å². The van der Waals surface area contributed by atoms with Gasteiger partial charge in [-0.1, -0.05) is 6.07 Å². The molecule has 1 aromatic carbocycles. The summed E-state index contributed by atoms with van der Waals surface area (Å²) in [4.78, 5) is 14.6. The number of ether oxygens (including phenoxy) is 1. The molecule has 1 aromatic rings. The van der Waals surface area contributed by atoms with Crippen LogP contribution in [0.2, 0.25) is 0 Å². The predicted octanol–water partition coefficient (Wildman–Crippen LogP) is 2.85. The molecule has 0 bridgehead atoms. The van der Waals surface area contributed by atoms with Crippen LogP contribution in [0.15, 0.2) is 24.3 Å². The highest BCUT2D eigenvalue weighted by molar-refractivity contribution is 5.95. The summed E-state index contributed by atoms with van der Waals surface area (Å²) in [6, 6.07) is 7.50. The molecule has 4 heteroatoms. The number of amides is 1. The van der Waals surface area contributed by atoms with Crippen molar-refractivity contribution in [2.24, 2.45) is 0 Å². The third-order valence-electron chi connectivity index (χ3n) is 3.70. The van der Waals surface area contributed by atoms with Gasteiger partial charge in [0.1, 0.15) is 5.75 Å². The van der Waals surface area contributed by atoms with E-state index in [1.807, 2.05) is 36.9 Å². The van der Waals surface area contributed by atoms with Crippen molar-refractivity contribution in [2.75, 3.05) is 6.54 Å². The fourth-order valence-corrected chi connectivity index (χ4v) is 2.88. The van der Waals surface area contributed by atoms with Gasteiger partial charge in [-0.05, 0) is 58.2 Å². The molecule has 1 fully saturated rings. The maximum absolute atomic E-state index is 12.7. The summed E-state index contributed by atoms with van der Waals surface area (Å²) < 4.78 is 5.65. The Balaban J connectivity index is 2.11. The molecular formula is C17H25NO3. The first-order valence-electron chi connectivity index (χ1n) is 7.73. The van der Waals surface area contributed by atoms with Crippen molar-refractivity contribution in [3.8, 4) is 5.75 Å². The van der Waals surface area contributed by atoms with Crippen LogP contribution >= 0.6 is 0 Å². The van der Waals surface area contributed by atoms with Gasteiger partial charge >= 0.3 is 0 Å². The summed E-state index contributed by atoms with van der Waals surface area (Å²) in [5, 5.41) is 9.57. The van der Waals surface area contributed by atoms with Crippen LogP contribution in [0.5, 0.6) is 5.75 Å². The Morgan fingerprint density at radius 2 is 2.19 bits per heavy atom. The second-order valence-corrected chi connectivity index (χ2v) is 6.07. The molecule has 1 N–H and O–H groups in total. The van der Waals surface area contributed by atoms with Gasteiger partial charge in [-0.3, -0.25) is 4.79 Å². The molecule has 116 valence electrons. The van der Waals surface area contributed by atoms with Gasteiger partial charge in [0.2, 0.25) is 0 Å². The van der Waals surface area contributed by atoms with Gasteiger partial charge in [-0.25, -0.2) is 0 Å². The highest BCUT2D eigenvalue weighted by Crippen LogP contribution is 2.25. The maximum Gasteiger partial charge on any atom is 0.254 e. The molecule has 0 saturated carbocycles. The number of nitrogens with zero attached hydrogens (tertiary/aromatic N) is 1. The number of carbonyl (C=O) groups is 1. The van der Waals surface area contributed by atoms with Crippen molar-refractivity contribution >= 4 is 5.91 Å². The Labute approximate surface area is 126 Å². The van der Waals surface area contributed by atoms with Gasteiger partial charge in [0.05, 0.1) is 12.2 Å². The number of benzene rings is 1. The Morgan fingerprint density at radius 3 is 2.86 bits per heavy atom. The Bertz CT molecular complexity index is 485. The van der Waals surface area contributed by atoms with E-state index in [4.69, 9.17) is 4.74 Å². The van der Waals surface area contributed by atoms with Gasteiger partial charge in [0.25, 0.3) is 5.91 Å². The molecular weight excluding hydrogens is 266 g/mol. The van der Waals surface area contributed by atoms with Crippen LogP contribution in [0.3, 0.4) is 0 Å². The zero-order valence-electron chi connectivity index (χ0n) is 13.1. The topological polar surface area (TPSA) is 49.8 Å². The summed E-state index contributed by atoms with van der Waals surface area (Å²) in [7, 11) is 0. The third kappa shape index (κ3) is 4.21. The zero-order chi connectivity index (χ0) is 15.4. The highest BCUT2D eigenvalue weighted by Gasteiger charge is 2.30. The minimum absolute atomic E-state index is 0.0346. The third-order valence-corrected chi connectivity index (χ3v) is 3.70. The lowest BCUT2D eigenvalue weighted by atomic mass is 10.1. The first kappa shape index (κ1) is 15.8. The lowest BCUT2D eigenvalue weighted by Crippen LogP contribution is -2.37. The van der Waals surface area contributed by atoms with E-state index >= 15 is 0 Å². The monoisotopic (exact) mass is 291 g/mol. The van der Waals surface area contributed by atoms with Crippen LogP contribution < -0.4 is 4.74 Å². The van der Waals surface area contributed by atoms with E-state index in [1.165, 1.54) is 0 Å². The second kappa shape index (κ2) is 6.94. The zero-order valence-corrected chi connectivity index (χ0v) is 13.1. The largest absolute Gasteiger partial charge is 0.491 e. The summed E-state index contributed by atoms with van der Waals surface area (Å²) in [5.74, 6) is 0.759. The summed E-state index contributed by atoms with van der Waals surface area (Å²) >= 11 is 0.